The van der Waals surface area contributed by atoms with Crippen LogP contribution >= 0.6 is 0 Å². The molecule has 0 bridgehead atoms. The van der Waals surface area contributed by atoms with Gasteiger partial charge < -0.3 is 9.88 Å². The Labute approximate surface area is 165 Å². The Morgan fingerprint density at radius 2 is 2.00 bits per heavy atom. The van der Waals surface area contributed by atoms with Crippen molar-refractivity contribution in [2.45, 2.75) is 32.7 Å². The fourth-order valence-corrected chi connectivity index (χ4v) is 4.01. The van der Waals surface area contributed by atoms with Crippen LogP contribution in [0.3, 0.4) is 0 Å². The first-order valence-electron chi connectivity index (χ1n) is 9.80. The van der Waals surface area contributed by atoms with Crippen molar-refractivity contribution in [3.8, 4) is 5.69 Å². The molecular weight excluding hydrogens is 350 g/mol. The molecule has 6 heteroatoms. The molecule has 1 aliphatic heterocycles. The van der Waals surface area contributed by atoms with Gasteiger partial charge in [0.25, 0.3) is 0 Å². The SMILES string of the molecule is Cc1ccc(-n2nc(C)cc2NC(=O)CN2CCC[C@H]2c2cccn2C)cc1. The number of nitrogens with zero attached hydrogens (tertiary/aromatic N) is 4. The molecule has 1 saturated heterocycles. The third-order valence-electron chi connectivity index (χ3n) is 5.41. The van der Waals surface area contributed by atoms with Crippen molar-refractivity contribution in [3.63, 3.8) is 0 Å². The lowest BCUT2D eigenvalue weighted by atomic mass is 10.1. The van der Waals surface area contributed by atoms with E-state index in [1.807, 2.05) is 37.3 Å². The molecule has 1 aliphatic rings. The monoisotopic (exact) mass is 377 g/mol. The van der Waals surface area contributed by atoms with Gasteiger partial charge in [0, 0.05) is 25.0 Å². The molecule has 6 nitrogen and oxygen atoms in total. The third-order valence-corrected chi connectivity index (χ3v) is 5.41. The van der Waals surface area contributed by atoms with E-state index in [2.05, 4.69) is 52.2 Å². The van der Waals surface area contributed by atoms with Crippen molar-refractivity contribution in [1.82, 2.24) is 19.2 Å². The molecule has 28 heavy (non-hydrogen) atoms. The number of likely N-dealkylation sites (tertiary alicyclic amines) is 1. The number of carbonyl (C=O) groups excluding carboxylic acids is 1. The first-order chi connectivity index (χ1) is 13.5. The number of hydrogen-bond donors (Lipinski definition) is 1. The van der Waals surface area contributed by atoms with Crippen molar-refractivity contribution in [2.24, 2.45) is 7.05 Å². The van der Waals surface area contributed by atoms with Gasteiger partial charge >= 0.3 is 0 Å². The molecule has 1 atom stereocenters. The molecule has 1 N–H and O–H groups in total. The highest BCUT2D eigenvalue weighted by Crippen LogP contribution is 2.31. The minimum absolute atomic E-state index is 0.00521. The van der Waals surface area contributed by atoms with Crippen molar-refractivity contribution in [1.29, 1.82) is 0 Å². The van der Waals surface area contributed by atoms with E-state index in [0.717, 1.165) is 30.8 Å². The first kappa shape index (κ1) is 18.5. The number of nitrogens with one attached hydrogen (secondary N) is 1. The van der Waals surface area contributed by atoms with E-state index < -0.39 is 0 Å². The van der Waals surface area contributed by atoms with Crippen molar-refractivity contribution in [3.05, 3.63) is 65.6 Å². The van der Waals surface area contributed by atoms with Crippen LogP contribution in [0, 0.1) is 13.8 Å². The zero-order valence-corrected chi connectivity index (χ0v) is 16.7. The van der Waals surface area contributed by atoms with Gasteiger partial charge in [-0.05, 0) is 57.5 Å². The Morgan fingerprint density at radius 1 is 1.21 bits per heavy atom. The van der Waals surface area contributed by atoms with E-state index in [4.69, 9.17) is 0 Å². The van der Waals surface area contributed by atoms with Gasteiger partial charge in [-0.2, -0.15) is 5.10 Å². The second-order valence-electron chi connectivity index (χ2n) is 7.64. The summed E-state index contributed by atoms with van der Waals surface area (Å²) in [7, 11) is 2.06. The minimum Gasteiger partial charge on any atom is -0.353 e. The molecule has 1 fully saturated rings. The van der Waals surface area contributed by atoms with E-state index in [0.29, 0.717) is 18.4 Å². The predicted molar refractivity (Wildman–Crippen MR) is 111 cm³/mol. The third kappa shape index (κ3) is 3.73. The molecule has 3 heterocycles. The summed E-state index contributed by atoms with van der Waals surface area (Å²) in [6.07, 6.45) is 4.27. The Morgan fingerprint density at radius 3 is 2.71 bits per heavy atom. The number of rotatable bonds is 5. The Bertz CT molecular complexity index is 969. The number of benzene rings is 1. The average molecular weight is 377 g/mol. The molecule has 1 amide bonds. The van der Waals surface area contributed by atoms with Gasteiger partial charge in [0.05, 0.1) is 24.0 Å². The second-order valence-corrected chi connectivity index (χ2v) is 7.64. The van der Waals surface area contributed by atoms with Gasteiger partial charge in [-0.3, -0.25) is 9.69 Å². The molecule has 0 radical (unpaired) electrons. The lowest BCUT2D eigenvalue weighted by Gasteiger charge is -2.24. The summed E-state index contributed by atoms with van der Waals surface area (Å²) in [4.78, 5) is 15.1. The van der Waals surface area contributed by atoms with Crippen molar-refractivity contribution in [2.75, 3.05) is 18.4 Å². The maximum Gasteiger partial charge on any atom is 0.239 e. The molecule has 2 aromatic heterocycles. The number of anilines is 1. The van der Waals surface area contributed by atoms with Crippen LogP contribution in [0.25, 0.3) is 5.69 Å². The van der Waals surface area contributed by atoms with E-state index in [1.165, 1.54) is 11.3 Å². The smallest absolute Gasteiger partial charge is 0.239 e. The number of amides is 1. The van der Waals surface area contributed by atoms with Crippen LogP contribution in [0.4, 0.5) is 5.82 Å². The van der Waals surface area contributed by atoms with Crippen molar-refractivity contribution < 1.29 is 4.79 Å². The van der Waals surface area contributed by atoms with E-state index >= 15 is 0 Å². The standard InChI is InChI=1S/C22H27N5O/c1-16-8-10-18(11-9-16)27-21(14-17(2)24-27)23-22(28)15-26-13-5-7-20(26)19-6-4-12-25(19)3/h4,6,8-12,14,20H,5,7,13,15H2,1-3H3,(H,23,28)/t20-/m0/s1. The molecular formula is C22H27N5O. The highest BCUT2D eigenvalue weighted by molar-refractivity contribution is 5.91. The van der Waals surface area contributed by atoms with Crippen LogP contribution in [0.5, 0.6) is 0 Å². The van der Waals surface area contributed by atoms with Gasteiger partial charge in [-0.1, -0.05) is 17.7 Å². The number of carbonyl (C=O) groups is 1. The zero-order valence-electron chi connectivity index (χ0n) is 16.7. The molecule has 0 spiro atoms. The maximum atomic E-state index is 12.8. The minimum atomic E-state index is -0.00521. The van der Waals surface area contributed by atoms with Gasteiger partial charge in [-0.15, -0.1) is 0 Å². The van der Waals surface area contributed by atoms with Gasteiger partial charge in [0.2, 0.25) is 5.91 Å². The normalized spacial score (nSPS) is 17.2. The summed E-state index contributed by atoms with van der Waals surface area (Å²) in [5.74, 6) is 0.704. The maximum absolute atomic E-state index is 12.8. The fraction of sp³-hybridized carbons (Fsp3) is 0.364. The lowest BCUT2D eigenvalue weighted by Crippen LogP contribution is -2.33. The molecule has 4 rings (SSSR count). The summed E-state index contributed by atoms with van der Waals surface area (Å²) < 4.78 is 3.95. The Kier molecular flexibility index (Phi) is 5.05. The Hall–Kier alpha value is -2.86. The predicted octanol–water partition coefficient (Wildman–Crippen LogP) is 3.60. The highest BCUT2D eigenvalue weighted by Gasteiger charge is 2.29. The van der Waals surface area contributed by atoms with E-state index in [1.54, 1.807) is 4.68 Å². The summed E-state index contributed by atoms with van der Waals surface area (Å²) >= 11 is 0. The topological polar surface area (TPSA) is 55.1 Å². The number of hydrogen-bond acceptors (Lipinski definition) is 3. The molecule has 0 aliphatic carbocycles. The summed E-state index contributed by atoms with van der Waals surface area (Å²) in [6.45, 7) is 5.32. The van der Waals surface area contributed by atoms with E-state index in [-0.39, 0.29) is 5.91 Å². The van der Waals surface area contributed by atoms with Gasteiger partial charge in [-0.25, -0.2) is 4.68 Å². The highest BCUT2D eigenvalue weighted by atomic mass is 16.2. The van der Waals surface area contributed by atoms with Crippen LogP contribution in [-0.4, -0.2) is 38.2 Å². The molecule has 1 aromatic carbocycles. The molecule has 0 saturated carbocycles. The summed E-state index contributed by atoms with van der Waals surface area (Å²) in [5, 5.41) is 7.61. The summed E-state index contributed by atoms with van der Waals surface area (Å²) in [6, 6.07) is 14.6. The second kappa shape index (κ2) is 7.64. The van der Waals surface area contributed by atoms with E-state index in [9.17, 15) is 4.79 Å². The molecule has 3 aromatic rings. The molecule has 146 valence electrons. The van der Waals surface area contributed by atoms with Crippen LogP contribution in [0.1, 0.15) is 35.8 Å². The van der Waals surface area contributed by atoms with Crippen LogP contribution < -0.4 is 5.32 Å². The first-order valence-corrected chi connectivity index (χ1v) is 9.80. The average Bonchev–Trinajstić information content (AvgIpc) is 3.36. The number of aryl methyl sites for hydroxylation is 3. The number of aromatic nitrogens is 3. The zero-order chi connectivity index (χ0) is 19.7. The van der Waals surface area contributed by atoms with Gasteiger partial charge in [0.1, 0.15) is 5.82 Å². The quantitative estimate of drug-likeness (QED) is 0.739. The van der Waals surface area contributed by atoms with Crippen LogP contribution in [0.2, 0.25) is 0 Å². The molecule has 0 unspecified atom stereocenters. The fourth-order valence-electron chi connectivity index (χ4n) is 4.01. The van der Waals surface area contributed by atoms with Crippen molar-refractivity contribution >= 4 is 11.7 Å². The lowest BCUT2D eigenvalue weighted by molar-refractivity contribution is -0.117. The van der Waals surface area contributed by atoms with Gasteiger partial charge in [0.15, 0.2) is 0 Å². The largest absolute Gasteiger partial charge is 0.353 e. The summed E-state index contributed by atoms with van der Waals surface area (Å²) in [5.41, 5.74) is 4.28. The van der Waals surface area contributed by atoms with Crippen LogP contribution in [-0.2, 0) is 11.8 Å². The van der Waals surface area contributed by atoms with Crippen LogP contribution in [0.15, 0.2) is 48.7 Å². The Balaban J connectivity index is 1.48.